The average molecular weight is 271 g/mol. The van der Waals surface area contributed by atoms with Crippen LogP contribution in [0.3, 0.4) is 0 Å². The van der Waals surface area contributed by atoms with Crippen LogP contribution in [0.2, 0.25) is 5.15 Å². The molecule has 4 nitrogen and oxygen atoms in total. The Labute approximate surface area is 112 Å². The molecule has 0 amide bonds. The lowest BCUT2D eigenvalue weighted by atomic mass is 9.95. The Hall–Kier alpha value is -1.00. The van der Waals surface area contributed by atoms with Crippen LogP contribution in [0.15, 0.2) is 11.8 Å². The zero-order valence-electron chi connectivity index (χ0n) is 11.0. The number of halogens is 1. The molecule has 0 aromatic carbocycles. The smallest absolute Gasteiger partial charge is 0.133 e. The molecule has 0 aliphatic carbocycles. The van der Waals surface area contributed by atoms with Gasteiger partial charge in [-0.25, -0.2) is 0 Å². The Balaban J connectivity index is 2.40. The van der Waals surface area contributed by atoms with Crippen molar-refractivity contribution < 1.29 is 9.84 Å². The molecule has 1 aromatic heterocycles. The molecular formula is C13H19ClN2O2. The monoisotopic (exact) mass is 270 g/mol. The first-order chi connectivity index (χ1) is 8.52. The number of rotatable bonds is 3. The Morgan fingerprint density at radius 1 is 1.50 bits per heavy atom. The highest BCUT2D eigenvalue weighted by Crippen LogP contribution is 2.36. The fourth-order valence-electron chi connectivity index (χ4n) is 2.19. The van der Waals surface area contributed by atoms with Gasteiger partial charge in [-0.2, -0.15) is 5.10 Å². The molecule has 0 saturated heterocycles. The van der Waals surface area contributed by atoms with Crippen LogP contribution in [0.5, 0.6) is 0 Å². The van der Waals surface area contributed by atoms with Crippen molar-refractivity contribution in [2.75, 3.05) is 6.61 Å². The Morgan fingerprint density at radius 3 is 2.78 bits per heavy atom. The molecule has 2 rings (SSSR count). The summed E-state index contributed by atoms with van der Waals surface area (Å²) in [6.45, 7) is 4.80. The fraction of sp³-hybridized carbons (Fsp3) is 0.615. The van der Waals surface area contributed by atoms with Crippen molar-refractivity contribution in [2.45, 2.75) is 38.7 Å². The highest BCUT2D eigenvalue weighted by atomic mass is 35.5. The van der Waals surface area contributed by atoms with Crippen LogP contribution in [-0.4, -0.2) is 21.5 Å². The standard InChI is InChI=1S/C13H19ClN2O2/c1-8(2)11-10(13(14)16(3)15-11)12(17)9-5-4-6-18-7-9/h7-8,12,17H,4-6H2,1-3H3. The summed E-state index contributed by atoms with van der Waals surface area (Å²) < 4.78 is 6.89. The van der Waals surface area contributed by atoms with Crippen LogP contribution >= 0.6 is 11.6 Å². The minimum atomic E-state index is -0.719. The number of aliphatic hydroxyl groups is 1. The molecule has 1 aromatic rings. The summed E-state index contributed by atoms with van der Waals surface area (Å²) in [5.74, 6) is 0.221. The number of aliphatic hydroxyl groups excluding tert-OH is 1. The highest BCUT2D eigenvalue weighted by molar-refractivity contribution is 6.30. The summed E-state index contributed by atoms with van der Waals surface area (Å²) in [5, 5.41) is 15.4. The van der Waals surface area contributed by atoms with Crippen LogP contribution in [-0.2, 0) is 11.8 Å². The maximum Gasteiger partial charge on any atom is 0.133 e. The quantitative estimate of drug-likeness (QED) is 0.919. The minimum Gasteiger partial charge on any atom is -0.501 e. The molecule has 1 N–H and O–H groups in total. The van der Waals surface area contributed by atoms with Gasteiger partial charge in [0.15, 0.2) is 0 Å². The van der Waals surface area contributed by atoms with Crippen molar-refractivity contribution in [3.8, 4) is 0 Å². The maximum absolute atomic E-state index is 10.5. The predicted octanol–water partition coefficient (Wildman–Crippen LogP) is 2.92. The lowest BCUT2D eigenvalue weighted by Gasteiger charge is -2.20. The van der Waals surface area contributed by atoms with E-state index in [0.717, 1.165) is 24.1 Å². The second-order valence-corrected chi connectivity index (χ2v) is 5.30. The van der Waals surface area contributed by atoms with Crippen LogP contribution in [0, 0.1) is 0 Å². The Morgan fingerprint density at radius 2 is 2.22 bits per heavy atom. The van der Waals surface area contributed by atoms with Gasteiger partial charge in [0.05, 0.1) is 18.6 Å². The Kier molecular flexibility index (Phi) is 3.97. The molecule has 1 aliphatic heterocycles. The third-order valence-corrected chi connectivity index (χ3v) is 3.62. The summed E-state index contributed by atoms with van der Waals surface area (Å²) in [6.07, 6.45) is 2.70. The molecule has 1 aliphatic rings. The SMILES string of the molecule is CC(C)c1nn(C)c(Cl)c1C(O)C1=COCCC1. The first-order valence-electron chi connectivity index (χ1n) is 6.23. The van der Waals surface area contributed by atoms with E-state index in [1.165, 1.54) is 0 Å². The zero-order chi connectivity index (χ0) is 13.3. The second kappa shape index (κ2) is 5.33. The normalized spacial score (nSPS) is 17.6. The van der Waals surface area contributed by atoms with Crippen molar-refractivity contribution >= 4 is 11.6 Å². The molecule has 0 spiro atoms. The number of hydrogen-bond donors (Lipinski definition) is 1. The number of aryl methyl sites for hydroxylation is 1. The maximum atomic E-state index is 10.5. The van der Waals surface area contributed by atoms with Crippen molar-refractivity contribution in [1.29, 1.82) is 0 Å². The van der Waals surface area contributed by atoms with Crippen LogP contribution in [0.25, 0.3) is 0 Å². The number of aromatic nitrogens is 2. The average Bonchev–Trinajstić information content (AvgIpc) is 2.66. The van der Waals surface area contributed by atoms with Crippen molar-refractivity contribution in [3.63, 3.8) is 0 Å². The summed E-state index contributed by atoms with van der Waals surface area (Å²) in [4.78, 5) is 0. The van der Waals surface area contributed by atoms with E-state index < -0.39 is 6.10 Å². The van der Waals surface area contributed by atoms with Crippen LogP contribution in [0.1, 0.15) is 50.0 Å². The topological polar surface area (TPSA) is 47.3 Å². The van der Waals surface area contributed by atoms with Crippen LogP contribution in [0.4, 0.5) is 0 Å². The first-order valence-corrected chi connectivity index (χ1v) is 6.61. The lowest BCUT2D eigenvalue weighted by Crippen LogP contribution is -2.10. The van der Waals surface area contributed by atoms with Crippen molar-refractivity contribution in [2.24, 2.45) is 7.05 Å². The summed E-state index contributed by atoms with van der Waals surface area (Å²) >= 11 is 6.24. The fourth-order valence-corrected chi connectivity index (χ4v) is 2.43. The summed E-state index contributed by atoms with van der Waals surface area (Å²) in [6, 6.07) is 0. The lowest BCUT2D eigenvalue weighted by molar-refractivity contribution is 0.169. The van der Waals surface area contributed by atoms with E-state index in [-0.39, 0.29) is 5.92 Å². The molecule has 18 heavy (non-hydrogen) atoms. The van der Waals surface area contributed by atoms with E-state index >= 15 is 0 Å². The van der Waals surface area contributed by atoms with Gasteiger partial charge < -0.3 is 9.84 Å². The number of ether oxygens (including phenoxy) is 1. The number of hydrogen-bond acceptors (Lipinski definition) is 3. The first kappa shape index (κ1) is 13.4. The van der Waals surface area contributed by atoms with Gasteiger partial charge in [0, 0.05) is 12.6 Å². The van der Waals surface area contributed by atoms with Gasteiger partial charge in [-0.1, -0.05) is 25.4 Å². The molecule has 100 valence electrons. The molecule has 1 unspecified atom stereocenters. The van der Waals surface area contributed by atoms with Gasteiger partial charge in [0.25, 0.3) is 0 Å². The van der Waals surface area contributed by atoms with Gasteiger partial charge in [-0.05, 0) is 24.3 Å². The number of nitrogens with zero attached hydrogens (tertiary/aromatic N) is 2. The molecule has 1 atom stereocenters. The molecule has 0 radical (unpaired) electrons. The molecule has 2 heterocycles. The van der Waals surface area contributed by atoms with E-state index in [2.05, 4.69) is 5.10 Å². The van der Waals surface area contributed by atoms with Crippen LogP contribution < -0.4 is 0 Å². The minimum absolute atomic E-state index is 0.221. The van der Waals surface area contributed by atoms with Gasteiger partial charge in [-0.3, -0.25) is 4.68 Å². The van der Waals surface area contributed by atoms with Gasteiger partial charge in [-0.15, -0.1) is 0 Å². The third kappa shape index (κ3) is 2.40. The predicted molar refractivity (Wildman–Crippen MR) is 70.5 cm³/mol. The zero-order valence-corrected chi connectivity index (χ0v) is 11.7. The Bertz CT molecular complexity index is 466. The largest absolute Gasteiger partial charge is 0.501 e. The highest BCUT2D eigenvalue weighted by Gasteiger charge is 2.26. The van der Waals surface area contributed by atoms with Gasteiger partial charge in [0.1, 0.15) is 11.3 Å². The van der Waals surface area contributed by atoms with Crippen molar-refractivity contribution in [1.82, 2.24) is 9.78 Å². The van der Waals surface area contributed by atoms with E-state index in [4.69, 9.17) is 16.3 Å². The van der Waals surface area contributed by atoms with Crippen molar-refractivity contribution in [3.05, 3.63) is 28.2 Å². The summed E-state index contributed by atoms with van der Waals surface area (Å²) in [7, 11) is 1.79. The molecule has 0 saturated carbocycles. The third-order valence-electron chi connectivity index (χ3n) is 3.17. The summed E-state index contributed by atoms with van der Waals surface area (Å²) in [5.41, 5.74) is 2.44. The van der Waals surface area contributed by atoms with E-state index in [9.17, 15) is 5.11 Å². The molecular weight excluding hydrogens is 252 g/mol. The second-order valence-electron chi connectivity index (χ2n) is 4.94. The molecule has 0 bridgehead atoms. The van der Waals surface area contributed by atoms with E-state index in [1.807, 2.05) is 13.8 Å². The van der Waals surface area contributed by atoms with E-state index in [0.29, 0.717) is 17.3 Å². The van der Waals surface area contributed by atoms with Gasteiger partial charge >= 0.3 is 0 Å². The molecule has 5 heteroatoms. The molecule has 0 fully saturated rings. The van der Waals surface area contributed by atoms with Gasteiger partial charge in [0.2, 0.25) is 0 Å². The van der Waals surface area contributed by atoms with E-state index in [1.54, 1.807) is 18.0 Å².